The van der Waals surface area contributed by atoms with E-state index >= 15 is 0 Å². The maximum Gasteiger partial charge on any atom is 0.335 e. The van der Waals surface area contributed by atoms with E-state index < -0.39 is 5.97 Å². The zero-order chi connectivity index (χ0) is 16.4. The Morgan fingerprint density at radius 2 is 2.04 bits per heavy atom. The lowest BCUT2D eigenvalue weighted by atomic mass is 9.97. The summed E-state index contributed by atoms with van der Waals surface area (Å²) in [5.74, 6) is 0.155. The Hall–Kier alpha value is -2.70. The molecule has 7 nitrogen and oxygen atoms in total. The van der Waals surface area contributed by atoms with Crippen LogP contribution in [0.25, 0.3) is 11.4 Å². The molecule has 1 aliphatic heterocycles. The summed E-state index contributed by atoms with van der Waals surface area (Å²) in [4.78, 5) is 28.6. The van der Waals surface area contributed by atoms with Crippen molar-refractivity contribution in [3.8, 4) is 11.4 Å². The van der Waals surface area contributed by atoms with Crippen LogP contribution in [0.1, 0.15) is 41.9 Å². The minimum absolute atomic E-state index is 0.0835. The minimum atomic E-state index is -0.993. The molecule has 0 unspecified atom stereocenters. The van der Waals surface area contributed by atoms with Gasteiger partial charge in [0.15, 0.2) is 0 Å². The van der Waals surface area contributed by atoms with E-state index in [2.05, 4.69) is 10.1 Å². The van der Waals surface area contributed by atoms with Crippen LogP contribution < -0.4 is 0 Å². The Bertz CT molecular complexity index is 732. The summed E-state index contributed by atoms with van der Waals surface area (Å²) >= 11 is 0. The van der Waals surface area contributed by atoms with Crippen molar-refractivity contribution in [3.05, 3.63) is 35.7 Å². The molecule has 7 heteroatoms. The van der Waals surface area contributed by atoms with Gasteiger partial charge in [-0.25, -0.2) is 4.79 Å². The van der Waals surface area contributed by atoms with Gasteiger partial charge in [-0.3, -0.25) is 4.79 Å². The molecular formula is C16H17N3O4. The number of carbonyl (C=O) groups is 2. The first kappa shape index (κ1) is 15.2. The quantitative estimate of drug-likeness (QED) is 0.932. The Morgan fingerprint density at radius 1 is 1.30 bits per heavy atom. The fraction of sp³-hybridized carbons (Fsp3) is 0.375. The van der Waals surface area contributed by atoms with Crippen molar-refractivity contribution in [3.63, 3.8) is 0 Å². The van der Waals surface area contributed by atoms with Crippen LogP contribution in [0.3, 0.4) is 0 Å². The molecule has 0 radical (unpaired) electrons. The molecule has 1 saturated heterocycles. The number of carboxylic acid groups (broad SMARTS) is 1. The molecule has 1 aliphatic rings. The second kappa shape index (κ2) is 6.20. The van der Waals surface area contributed by atoms with Crippen LogP contribution >= 0.6 is 0 Å². The molecule has 1 N–H and O–H groups in total. The summed E-state index contributed by atoms with van der Waals surface area (Å²) in [7, 11) is 0. The van der Waals surface area contributed by atoms with Crippen molar-refractivity contribution in [1.82, 2.24) is 15.0 Å². The van der Waals surface area contributed by atoms with Gasteiger partial charge in [0, 0.05) is 31.5 Å². The third-order valence-electron chi connectivity index (χ3n) is 4.10. The average Bonchev–Trinajstić information content (AvgIpc) is 3.05. The topological polar surface area (TPSA) is 96.5 Å². The number of carboxylic acids is 1. The van der Waals surface area contributed by atoms with Crippen molar-refractivity contribution in [2.45, 2.75) is 25.7 Å². The number of hydrogen-bond acceptors (Lipinski definition) is 5. The van der Waals surface area contributed by atoms with Gasteiger partial charge in [0.05, 0.1) is 5.56 Å². The van der Waals surface area contributed by atoms with E-state index in [0.29, 0.717) is 30.4 Å². The SMILES string of the molecule is CC(=O)N1CCC(c2nc(-c3cccc(C(=O)O)c3)no2)CC1. The number of aromatic carboxylic acids is 1. The van der Waals surface area contributed by atoms with Crippen LogP contribution in [0.4, 0.5) is 0 Å². The molecule has 2 heterocycles. The Balaban J connectivity index is 1.75. The molecular weight excluding hydrogens is 298 g/mol. The van der Waals surface area contributed by atoms with Gasteiger partial charge in [-0.15, -0.1) is 0 Å². The van der Waals surface area contributed by atoms with Gasteiger partial charge in [0.2, 0.25) is 17.6 Å². The van der Waals surface area contributed by atoms with Crippen molar-refractivity contribution in [2.75, 3.05) is 13.1 Å². The number of nitrogens with zero attached hydrogens (tertiary/aromatic N) is 3. The highest BCUT2D eigenvalue weighted by Crippen LogP contribution is 2.28. The lowest BCUT2D eigenvalue weighted by Gasteiger charge is -2.29. The molecule has 0 saturated carbocycles. The fourth-order valence-electron chi connectivity index (χ4n) is 2.75. The molecule has 0 bridgehead atoms. The van der Waals surface area contributed by atoms with E-state index in [9.17, 15) is 9.59 Å². The van der Waals surface area contributed by atoms with Crippen LogP contribution in [0, 0.1) is 0 Å². The van der Waals surface area contributed by atoms with Gasteiger partial charge >= 0.3 is 5.97 Å². The highest BCUT2D eigenvalue weighted by Gasteiger charge is 2.26. The largest absolute Gasteiger partial charge is 0.478 e. The van der Waals surface area contributed by atoms with Crippen LogP contribution in [0.15, 0.2) is 28.8 Å². The van der Waals surface area contributed by atoms with Gasteiger partial charge in [-0.05, 0) is 25.0 Å². The number of amides is 1. The molecule has 2 aromatic rings. The third kappa shape index (κ3) is 3.23. The van der Waals surface area contributed by atoms with Gasteiger partial charge in [0.25, 0.3) is 0 Å². The number of likely N-dealkylation sites (tertiary alicyclic amines) is 1. The molecule has 120 valence electrons. The summed E-state index contributed by atoms with van der Waals surface area (Å²) < 4.78 is 5.34. The molecule has 3 rings (SSSR count). The normalized spacial score (nSPS) is 15.6. The van der Waals surface area contributed by atoms with Crippen molar-refractivity contribution in [2.24, 2.45) is 0 Å². The molecule has 1 fully saturated rings. The van der Waals surface area contributed by atoms with Crippen LogP contribution in [0.2, 0.25) is 0 Å². The summed E-state index contributed by atoms with van der Waals surface area (Å²) in [6.45, 7) is 2.94. The first-order valence-corrected chi connectivity index (χ1v) is 7.47. The van der Waals surface area contributed by atoms with E-state index in [4.69, 9.17) is 9.63 Å². The molecule has 1 amide bonds. The van der Waals surface area contributed by atoms with Gasteiger partial charge < -0.3 is 14.5 Å². The number of hydrogen-bond donors (Lipinski definition) is 1. The maximum absolute atomic E-state index is 11.3. The predicted octanol–water partition coefficient (Wildman–Crippen LogP) is 2.16. The Labute approximate surface area is 132 Å². The van der Waals surface area contributed by atoms with Crippen molar-refractivity contribution >= 4 is 11.9 Å². The standard InChI is InChI=1S/C16H17N3O4/c1-10(20)19-7-5-11(6-8-19)15-17-14(18-23-15)12-3-2-4-13(9-12)16(21)22/h2-4,9,11H,5-8H2,1H3,(H,21,22). The van der Waals surface area contributed by atoms with E-state index in [-0.39, 0.29) is 17.4 Å². The van der Waals surface area contributed by atoms with E-state index in [1.54, 1.807) is 19.1 Å². The van der Waals surface area contributed by atoms with Crippen molar-refractivity contribution in [1.29, 1.82) is 0 Å². The maximum atomic E-state index is 11.3. The predicted molar refractivity (Wildman–Crippen MR) is 80.9 cm³/mol. The molecule has 0 aliphatic carbocycles. The van der Waals surface area contributed by atoms with Crippen LogP contribution in [-0.2, 0) is 4.79 Å². The first-order valence-electron chi connectivity index (χ1n) is 7.47. The average molecular weight is 315 g/mol. The summed E-state index contributed by atoms with van der Waals surface area (Å²) in [6.07, 6.45) is 1.58. The zero-order valence-corrected chi connectivity index (χ0v) is 12.7. The van der Waals surface area contributed by atoms with Gasteiger partial charge in [-0.1, -0.05) is 17.3 Å². The van der Waals surface area contributed by atoms with Crippen LogP contribution in [0.5, 0.6) is 0 Å². The number of benzene rings is 1. The summed E-state index contributed by atoms with van der Waals surface area (Å²) in [5.41, 5.74) is 0.796. The second-order valence-electron chi connectivity index (χ2n) is 5.62. The zero-order valence-electron chi connectivity index (χ0n) is 12.7. The van der Waals surface area contributed by atoms with E-state index in [1.807, 2.05) is 4.90 Å². The van der Waals surface area contributed by atoms with E-state index in [0.717, 1.165) is 12.8 Å². The summed E-state index contributed by atoms with van der Waals surface area (Å²) in [5, 5.41) is 13.0. The van der Waals surface area contributed by atoms with Crippen molar-refractivity contribution < 1.29 is 19.2 Å². The van der Waals surface area contributed by atoms with E-state index in [1.165, 1.54) is 12.1 Å². The summed E-state index contributed by atoms with van der Waals surface area (Å²) in [6, 6.07) is 6.44. The lowest BCUT2D eigenvalue weighted by Crippen LogP contribution is -2.36. The van der Waals surface area contributed by atoms with Gasteiger partial charge in [0.1, 0.15) is 0 Å². The minimum Gasteiger partial charge on any atom is -0.478 e. The monoisotopic (exact) mass is 315 g/mol. The highest BCUT2D eigenvalue weighted by molar-refractivity contribution is 5.89. The Kier molecular flexibility index (Phi) is 4.10. The second-order valence-corrected chi connectivity index (χ2v) is 5.62. The number of piperidine rings is 1. The Morgan fingerprint density at radius 3 is 2.70 bits per heavy atom. The highest BCUT2D eigenvalue weighted by atomic mass is 16.5. The third-order valence-corrected chi connectivity index (χ3v) is 4.10. The molecule has 1 aromatic heterocycles. The van der Waals surface area contributed by atoms with Gasteiger partial charge in [-0.2, -0.15) is 4.98 Å². The number of carbonyl (C=O) groups excluding carboxylic acids is 1. The lowest BCUT2D eigenvalue weighted by molar-refractivity contribution is -0.129. The molecule has 1 aromatic carbocycles. The fourth-order valence-corrected chi connectivity index (χ4v) is 2.75. The molecule has 0 atom stereocenters. The molecule has 23 heavy (non-hydrogen) atoms. The van der Waals surface area contributed by atoms with Crippen LogP contribution in [-0.4, -0.2) is 45.1 Å². The molecule has 0 spiro atoms. The first-order chi connectivity index (χ1) is 11.0. The number of aromatic nitrogens is 2. The number of rotatable bonds is 3. The smallest absolute Gasteiger partial charge is 0.335 e.